The zero-order chi connectivity index (χ0) is 49.3. The Labute approximate surface area is 406 Å². The predicted octanol–water partition coefficient (Wildman–Crippen LogP) is 7.98. The molecule has 5 aliphatic rings. The number of carbonyl (C=O) groups excluding carboxylic acids is 1. The van der Waals surface area contributed by atoms with Gasteiger partial charge in [0.1, 0.15) is 29.6 Å². The van der Waals surface area contributed by atoms with E-state index in [1.54, 1.807) is 19.1 Å². The Morgan fingerprint density at radius 1 is 1.06 bits per heavy atom. The fourth-order valence-corrected chi connectivity index (χ4v) is 14.0. The number of benzene rings is 3. The Bertz CT molecular complexity index is 3080. The number of aromatic amines is 1. The summed E-state index contributed by atoms with van der Waals surface area (Å²) >= 11 is 0. The average molecular weight is 1000 g/mol. The summed E-state index contributed by atoms with van der Waals surface area (Å²) in [6.45, 7) is 8.04. The third-order valence-corrected chi connectivity index (χ3v) is 18.5. The Balaban J connectivity index is 0.868. The Morgan fingerprint density at radius 3 is 2.53 bits per heavy atom. The fourth-order valence-electron chi connectivity index (χ4n) is 11.5. The molecule has 2 atom stereocenters. The number of sulfonamides is 1. The van der Waals surface area contributed by atoms with Crippen LogP contribution in [0.2, 0.25) is 0 Å². The quantitative estimate of drug-likeness (QED) is 0.0727. The summed E-state index contributed by atoms with van der Waals surface area (Å²) in [6, 6.07) is 16.2. The number of ether oxygens (including phenoxy) is 2. The molecule has 1 amide bonds. The molecular formula is C50H58FN7O10S2. The van der Waals surface area contributed by atoms with Gasteiger partial charge < -0.3 is 29.8 Å². The molecule has 4 fully saturated rings. The number of amides is 1. The lowest BCUT2D eigenvalue weighted by molar-refractivity contribution is -0.384. The third-order valence-electron chi connectivity index (χ3n) is 15.6. The summed E-state index contributed by atoms with van der Waals surface area (Å²) in [6.07, 6.45) is 8.69. The smallest absolute Gasteiger partial charge is 0.297 e. The monoisotopic (exact) mass is 999 g/mol. The van der Waals surface area contributed by atoms with Crippen LogP contribution in [0.4, 0.5) is 21.5 Å². The van der Waals surface area contributed by atoms with Gasteiger partial charge in [-0.1, -0.05) is 38.1 Å². The lowest BCUT2D eigenvalue weighted by atomic mass is 9.59. The highest BCUT2D eigenvalue weighted by Gasteiger charge is 2.51. The topological polar surface area (TPSA) is 226 Å². The lowest BCUT2D eigenvalue weighted by Gasteiger charge is -2.57. The minimum absolute atomic E-state index is 0.0294. The van der Waals surface area contributed by atoms with Gasteiger partial charge in [0.05, 0.1) is 50.1 Å². The van der Waals surface area contributed by atoms with Crippen LogP contribution < -0.4 is 24.4 Å². The number of anilines is 2. The van der Waals surface area contributed by atoms with Gasteiger partial charge in [-0.15, -0.1) is 0 Å². The van der Waals surface area contributed by atoms with E-state index in [0.717, 1.165) is 49.6 Å². The maximum atomic E-state index is 14.7. The summed E-state index contributed by atoms with van der Waals surface area (Å²) in [5.74, 6) is -1.04. The van der Waals surface area contributed by atoms with E-state index in [1.165, 1.54) is 23.9 Å². The van der Waals surface area contributed by atoms with Gasteiger partial charge in [0.25, 0.3) is 21.6 Å². The molecule has 0 unspecified atom stereocenters. The van der Waals surface area contributed by atoms with Crippen molar-refractivity contribution >= 4 is 53.9 Å². The fraction of sp³-hybridized carbons (Fsp3) is 0.480. The Morgan fingerprint density at radius 2 is 1.80 bits per heavy atom. The molecule has 17 nitrogen and oxygen atoms in total. The standard InChI is InChI=1S/C50H58FN7O10S2/c1-30(2)36-6-4-5-7-37(36)43-29-69(63,64)19-18-57(43)33-24-50(25-33)14-16-56(17-15-50)32-8-9-38(44(20-32)68-34-21-39-40(51)27-53-47(39)52-26-34)48(59)55-70(65,66)35-22-42(58(61)62)46-45(23-35)67-28-41(54-46)31-10-12-49(3,60)13-11-31/h4-9,20-23,26-27,30-31,33,41,43,54,60H,10-19,24-25,28-29H2,1-3H3,(H,52,53)(H,55,59)/t31?,41-,43+,49?/m1/s1. The number of hydrogen-bond acceptors (Lipinski definition) is 14. The van der Waals surface area contributed by atoms with Crippen molar-refractivity contribution < 1.29 is 45.5 Å². The van der Waals surface area contributed by atoms with E-state index in [4.69, 9.17) is 9.47 Å². The molecule has 5 heterocycles. The molecule has 0 bridgehead atoms. The van der Waals surface area contributed by atoms with Crippen LogP contribution in [-0.2, 0) is 19.9 Å². The summed E-state index contributed by atoms with van der Waals surface area (Å²) in [7, 11) is -7.94. The maximum Gasteiger partial charge on any atom is 0.297 e. The number of rotatable bonds is 11. The first kappa shape index (κ1) is 47.8. The van der Waals surface area contributed by atoms with Gasteiger partial charge in [0, 0.05) is 61.8 Å². The Kier molecular flexibility index (Phi) is 12.4. The average Bonchev–Trinajstić information content (AvgIpc) is 3.69. The van der Waals surface area contributed by atoms with E-state index in [9.17, 15) is 41.2 Å². The molecule has 372 valence electrons. The van der Waals surface area contributed by atoms with Crippen LogP contribution in [0.15, 0.2) is 78.0 Å². The number of nitrogens with zero attached hydrogens (tertiary/aromatic N) is 4. The van der Waals surface area contributed by atoms with Crippen molar-refractivity contribution in [3.05, 3.63) is 106 Å². The summed E-state index contributed by atoms with van der Waals surface area (Å²) in [5, 5.41) is 26.2. The number of nitro groups is 1. The van der Waals surface area contributed by atoms with Crippen molar-refractivity contribution in [3.8, 4) is 17.2 Å². The summed E-state index contributed by atoms with van der Waals surface area (Å²) in [4.78, 5) is 36.9. The highest BCUT2D eigenvalue weighted by molar-refractivity contribution is 7.91. The van der Waals surface area contributed by atoms with Crippen molar-refractivity contribution in [2.75, 3.05) is 48.0 Å². The second-order valence-corrected chi connectivity index (χ2v) is 24.5. The van der Waals surface area contributed by atoms with Gasteiger partial charge in [0.2, 0.25) is 0 Å². The van der Waals surface area contributed by atoms with Crippen LogP contribution in [0.5, 0.6) is 17.2 Å². The molecule has 4 N–H and O–H groups in total. The van der Waals surface area contributed by atoms with Gasteiger partial charge in [-0.3, -0.25) is 19.8 Å². The largest absolute Gasteiger partial charge is 0.489 e. The number of aliphatic hydroxyl groups is 1. The van der Waals surface area contributed by atoms with Gasteiger partial charge in [-0.05, 0) is 105 Å². The van der Waals surface area contributed by atoms with E-state index in [2.05, 4.69) is 55.8 Å². The van der Waals surface area contributed by atoms with E-state index >= 15 is 0 Å². The van der Waals surface area contributed by atoms with Crippen LogP contribution in [0, 0.1) is 27.3 Å². The van der Waals surface area contributed by atoms with E-state index in [-0.39, 0.29) is 93.0 Å². The number of pyridine rings is 1. The molecule has 10 rings (SSSR count). The van der Waals surface area contributed by atoms with Gasteiger partial charge in [-0.2, -0.15) is 0 Å². The molecule has 5 aromatic rings. The van der Waals surface area contributed by atoms with Crippen molar-refractivity contribution in [1.82, 2.24) is 19.6 Å². The second kappa shape index (κ2) is 18.1. The molecule has 0 radical (unpaired) electrons. The predicted molar refractivity (Wildman–Crippen MR) is 261 cm³/mol. The molecule has 3 aliphatic heterocycles. The van der Waals surface area contributed by atoms with E-state index in [0.29, 0.717) is 51.0 Å². The number of nitro benzene ring substituents is 1. The van der Waals surface area contributed by atoms with Crippen molar-refractivity contribution in [2.45, 2.75) is 107 Å². The Hall–Kier alpha value is -5.83. The molecule has 3 aromatic carbocycles. The molecule has 20 heteroatoms. The van der Waals surface area contributed by atoms with Crippen molar-refractivity contribution in [3.63, 3.8) is 0 Å². The highest BCUT2D eigenvalue weighted by atomic mass is 32.2. The number of aromatic nitrogens is 2. The summed E-state index contributed by atoms with van der Waals surface area (Å²) in [5.41, 5.74) is 1.89. The number of sulfone groups is 1. The summed E-state index contributed by atoms with van der Waals surface area (Å²) < 4.78 is 82.9. The maximum absolute atomic E-state index is 14.7. The first-order valence-electron chi connectivity index (χ1n) is 24.0. The van der Waals surface area contributed by atoms with Crippen molar-refractivity contribution in [1.29, 1.82) is 0 Å². The SMILES string of the molecule is CC(C)c1ccccc1[C@@H]1CS(=O)(=O)CCN1C1CC2(CCN(c3ccc(C(=O)NS(=O)(=O)c4cc5c(c([N+](=O)[O-])c4)N[C@@H](C4CCC(C)(O)CC4)CO5)c(Oc4cnc5[nH]cc(F)c5c4)c3)CC2)C1. The van der Waals surface area contributed by atoms with E-state index in [1.807, 2.05) is 12.1 Å². The van der Waals surface area contributed by atoms with Gasteiger partial charge >= 0.3 is 0 Å². The highest BCUT2D eigenvalue weighted by Crippen LogP contribution is 2.54. The van der Waals surface area contributed by atoms with Crippen LogP contribution in [0.25, 0.3) is 11.0 Å². The minimum Gasteiger partial charge on any atom is -0.489 e. The number of fused-ring (bicyclic) bond motifs is 2. The normalized spacial score (nSPS) is 24.6. The first-order valence-corrected chi connectivity index (χ1v) is 27.3. The number of nitrogens with one attached hydrogen (secondary N) is 3. The molecule has 2 aliphatic carbocycles. The van der Waals surface area contributed by atoms with E-state index < -0.39 is 52.7 Å². The van der Waals surface area contributed by atoms with Crippen molar-refractivity contribution in [2.24, 2.45) is 11.3 Å². The van der Waals surface area contributed by atoms with Crippen LogP contribution in [0.1, 0.15) is 106 Å². The molecule has 1 spiro atoms. The third kappa shape index (κ3) is 9.42. The van der Waals surface area contributed by atoms with Crippen LogP contribution >= 0.6 is 0 Å². The number of halogens is 1. The van der Waals surface area contributed by atoms with Gasteiger partial charge in [-0.25, -0.2) is 30.9 Å². The number of H-pyrrole nitrogens is 1. The van der Waals surface area contributed by atoms with Crippen LogP contribution in [-0.4, -0.2) is 103 Å². The molecular weight excluding hydrogens is 942 g/mol. The minimum atomic E-state index is -4.75. The number of carbonyl (C=O) groups is 1. The first-order chi connectivity index (χ1) is 33.3. The zero-order valence-corrected chi connectivity index (χ0v) is 41.0. The molecule has 70 heavy (non-hydrogen) atoms. The molecule has 2 saturated carbocycles. The number of piperidine rings is 1. The van der Waals surface area contributed by atoms with Gasteiger partial charge in [0.15, 0.2) is 21.3 Å². The lowest BCUT2D eigenvalue weighted by Crippen LogP contribution is -2.58. The zero-order valence-electron chi connectivity index (χ0n) is 39.3. The molecule has 2 saturated heterocycles. The molecule has 2 aromatic heterocycles. The number of hydrogen-bond donors (Lipinski definition) is 4. The second-order valence-electron chi connectivity index (χ2n) is 20.6. The van der Waals surface area contributed by atoms with Crippen LogP contribution in [0.3, 0.4) is 0 Å².